The number of aromatic nitrogens is 2. The van der Waals surface area contributed by atoms with Gasteiger partial charge < -0.3 is 30.0 Å². The van der Waals surface area contributed by atoms with E-state index < -0.39 is 22.8 Å². The molecule has 2 aromatic carbocycles. The van der Waals surface area contributed by atoms with E-state index in [-0.39, 0.29) is 42.0 Å². The third-order valence-corrected chi connectivity index (χ3v) is 5.98. The number of phenols is 1. The SMILES string of the molecule is CC1(CO)CN=C(Nc2cc(F)c(Oc3ccnc4[nH]cc(-c5cccc(O)c5C#N)c34)c(F)c2)OC1. The van der Waals surface area contributed by atoms with Gasteiger partial charge in [0.25, 0.3) is 6.02 Å². The normalized spacial score (nSPS) is 17.1. The zero-order chi connectivity index (χ0) is 26.2. The molecular weight excluding hydrogens is 484 g/mol. The number of hydrogen-bond acceptors (Lipinski definition) is 8. The molecule has 0 saturated carbocycles. The van der Waals surface area contributed by atoms with Gasteiger partial charge in [0.15, 0.2) is 17.4 Å². The molecule has 3 heterocycles. The Hall–Kier alpha value is -4.69. The Morgan fingerprint density at radius 2 is 2.03 bits per heavy atom. The van der Waals surface area contributed by atoms with Crippen molar-refractivity contribution in [1.29, 1.82) is 5.26 Å². The van der Waals surface area contributed by atoms with Crippen LogP contribution in [0, 0.1) is 28.4 Å². The van der Waals surface area contributed by atoms with E-state index in [1.54, 1.807) is 18.3 Å². The maximum absolute atomic E-state index is 15.0. The molecule has 0 bridgehead atoms. The Kier molecular flexibility index (Phi) is 6.11. The molecule has 0 saturated heterocycles. The van der Waals surface area contributed by atoms with E-state index in [1.165, 1.54) is 18.3 Å². The van der Waals surface area contributed by atoms with E-state index >= 15 is 8.78 Å². The van der Waals surface area contributed by atoms with E-state index in [4.69, 9.17) is 9.47 Å². The first-order valence-electron chi connectivity index (χ1n) is 11.2. The molecule has 0 amide bonds. The predicted octanol–water partition coefficient (Wildman–Crippen LogP) is 4.67. The quantitative estimate of drug-likeness (QED) is 0.309. The van der Waals surface area contributed by atoms with Crippen molar-refractivity contribution in [3.63, 3.8) is 0 Å². The number of hydrogen-bond donors (Lipinski definition) is 4. The lowest BCUT2D eigenvalue weighted by atomic mass is 9.93. The van der Waals surface area contributed by atoms with Gasteiger partial charge in [0, 0.05) is 46.8 Å². The number of H-pyrrole nitrogens is 1. The fourth-order valence-electron chi connectivity index (χ4n) is 3.94. The number of aromatic amines is 1. The summed E-state index contributed by atoms with van der Waals surface area (Å²) in [6, 6.07) is 10.2. The van der Waals surface area contributed by atoms with Crippen LogP contribution in [0.2, 0.25) is 0 Å². The summed E-state index contributed by atoms with van der Waals surface area (Å²) in [6.07, 6.45) is 2.99. The number of aromatic hydroxyl groups is 1. The van der Waals surface area contributed by atoms with Crippen LogP contribution in [0.3, 0.4) is 0 Å². The standard InChI is InChI=1S/C26H21F2N5O4/c1-26(12-34)11-32-25(36-13-26)33-14-7-18(27)23(19(28)8-14)37-21-5-6-30-24-22(21)17(10-31-24)15-3-2-4-20(35)16(15)9-29/h2-8,10,34-35H,11-13H2,1H3,(H,30,31)(H,32,33). The Morgan fingerprint density at radius 3 is 2.70 bits per heavy atom. The molecule has 0 radical (unpaired) electrons. The average Bonchev–Trinajstić information content (AvgIpc) is 3.32. The Balaban J connectivity index is 1.48. The van der Waals surface area contributed by atoms with Crippen LogP contribution in [0.25, 0.3) is 22.2 Å². The second-order valence-corrected chi connectivity index (χ2v) is 8.92. The molecule has 37 heavy (non-hydrogen) atoms. The molecule has 1 atom stereocenters. The lowest BCUT2D eigenvalue weighted by Gasteiger charge is -2.30. The average molecular weight is 505 g/mol. The van der Waals surface area contributed by atoms with Crippen LogP contribution >= 0.6 is 0 Å². The molecule has 4 N–H and O–H groups in total. The smallest absolute Gasteiger partial charge is 0.289 e. The molecule has 1 unspecified atom stereocenters. The molecule has 1 aliphatic rings. The number of aliphatic hydroxyl groups is 1. The van der Waals surface area contributed by atoms with Gasteiger partial charge >= 0.3 is 0 Å². The number of rotatable bonds is 5. The lowest BCUT2D eigenvalue weighted by Crippen LogP contribution is -2.38. The lowest BCUT2D eigenvalue weighted by molar-refractivity contribution is 0.0706. The number of phenolic OH excluding ortho intramolecular Hbond substituents is 1. The molecule has 9 nitrogen and oxygen atoms in total. The number of pyridine rings is 1. The van der Waals surface area contributed by atoms with Crippen molar-refractivity contribution in [3.05, 3.63) is 66.0 Å². The van der Waals surface area contributed by atoms with Crippen molar-refractivity contribution < 1.29 is 28.5 Å². The maximum Gasteiger partial charge on any atom is 0.289 e. The van der Waals surface area contributed by atoms with Crippen molar-refractivity contribution in [1.82, 2.24) is 9.97 Å². The van der Waals surface area contributed by atoms with Crippen molar-refractivity contribution in [2.45, 2.75) is 6.92 Å². The molecule has 11 heteroatoms. The highest BCUT2D eigenvalue weighted by atomic mass is 19.1. The van der Waals surface area contributed by atoms with E-state index in [1.807, 2.05) is 13.0 Å². The summed E-state index contributed by atoms with van der Waals surface area (Å²) in [5, 5.41) is 32.2. The topological polar surface area (TPSA) is 136 Å². The number of nitrogens with one attached hydrogen (secondary N) is 2. The van der Waals surface area contributed by atoms with Crippen LogP contribution in [-0.4, -0.2) is 46.0 Å². The van der Waals surface area contributed by atoms with E-state index in [9.17, 15) is 15.5 Å². The summed E-state index contributed by atoms with van der Waals surface area (Å²) in [7, 11) is 0. The number of ether oxygens (including phenoxy) is 2. The summed E-state index contributed by atoms with van der Waals surface area (Å²) in [6.45, 7) is 2.20. The van der Waals surface area contributed by atoms with E-state index in [2.05, 4.69) is 20.3 Å². The molecule has 0 fully saturated rings. The van der Waals surface area contributed by atoms with Gasteiger partial charge in [-0.15, -0.1) is 0 Å². The van der Waals surface area contributed by atoms with Crippen LogP contribution in [0.5, 0.6) is 17.2 Å². The summed E-state index contributed by atoms with van der Waals surface area (Å²) in [5.74, 6) is -2.70. The van der Waals surface area contributed by atoms with Crippen LogP contribution in [-0.2, 0) is 4.74 Å². The van der Waals surface area contributed by atoms with E-state index in [0.29, 0.717) is 28.7 Å². The second-order valence-electron chi connectivity index (χ2n) is 8.92. The molecule has 0 aliphatic carbocycles. The summed E-state index contributed by atoms with van der Waals surface area (Å²) in [4.78, 5) is 11.4. The van der Waals surface area contributed by atoms with Crippen molar-refractivity contribution >= 4 is 22.7 Å². The third-order valence-electron chi connectivity index (χ3n) is 5.98. The number of aliphatic hydroxyl groups excluding tert-OH is 1. The van der Waals surface area contributed by atoms with Crippen LogP contribution in [0.15, 0.2) is 53.8 Å². The molecule has 0 spiro atoms. The largest absolute Gasteiger partial charge is 0.507 e. The van der Waals surface area contributed by atoms with Gasteiger partial charge in [-0.2, -0.15) is 5.26 Å². The van der Waals surface area contributed by atoms with Gasteiger partial charge in [-0.25, -0.2) is 18.8 Å². The van der Waals surface area contributed by atoms with Gasteiger partial charge in [-0.05, 0) is 12.1 Å². The van der Waals surface area contributed by atoms with Gasteiger partial charge in [0.1, 0.15) is 35.4 Å². The highest BCUT2D eigenvalue weighted by Crippen LogP contribution is 2.40. The van der Waals surface area contributed by atoms with Gasteiger partial charge in [0.05, 0.1) is 18.5 Å². The summed E-state index contributed by atoms with van der Waals surface area (Å²) >= 11 is 0. The number of benzene rings is 2. The number of amidine groups is 1. The number of anilines is 1. The minimum absolute atomic E-state index is 0.0399. The van der Waals surface area contributed by atoms with Crippen molar-refractivity contribution in [2.75, 3.05) is 25.1 Å². The van der Waals surface area contributed by atoms with Gasteiger partial charge in [-0.1, -0.05) is 19.1 Å². The highest BCUT2D eigenvalue weighted by Gasteiger charge is 2.29. The summed E-state index contributed by atoms with van der Waals surface area (Å²) in [5.41, 5.74) is 0.817. The number of aliphatic imine (C=N–C) groups is 1. The molecule has 4 aromatic rings. The highest BCUT2D eigenvalue weighted by molar-refractivity contribution is 5.99. The maximum atomic E-state index is 15.0. The van der Waals surface area contributed by atoms with Crippen molar-refractivity contribution in [3.8, 4) is 34.4 Å². The fraction of sp³-hybridized carbons (Fsp3) is 0.192. The van der Waals surface area contributed by atoms with Crippen LogP contribution in [0.1, 0.15) is 12.5 Å². The Labute approximate surface area is 209 Å². The molecule has 1 aliphatic heterocycles. The molecule has 5 rings (SSSR count). The number of halogens is 2. The second kappa shape index (κ2) is 9.40. The van der Waals surface area contributed by atoms with Crippen LogP contribution in [0.4, 0.5) is 14.5 Å². The van der Waals surface area contributed by atoms with Crippen molar-refractivity contribution in [2.24, 2.45) is 10.4 Å². The molecule has 188 valence electrons. The Bertz CT molecular complexity index is 1560. The van der Waals surface area contributed by atoms with Crippen LogP contribution < -0.4 is 10.1 Å². The first-order valence-corrected chi connectivity index (χ1v) is 11.2. The van der Waals surface area contributed by atoms with Gasteiger partial charge in [-0.3, -0.25) is 0 Å². The molecule has 2 aromatic heterocycles. The first kappa shape index (κ1) is 24.0. The zero-order valence-corrected chi connectivity index (χ0v) is 19.5. The Morgan fingerprint density at radius 1 is 1.24 bits per heavy atom. The number of nitriles is 1. The minimum atomic E-state index is -0.976. The predicted molar refractivity (Wildman–Crippen MR) is 131 cm³/mol. The number of nitrogens with zero attached hydrogens (tertiary/aromatic N) is 3. The number of fused-ring (bicyclic) bond motifs is 1. The van der Waals surface area contributed by atoms with Gasteiger partial charge in [0.2, 0.25) is 0 Å². The monoisotopic (exact) mass is 505 g/mol. The van der Waals surface area contributed by atoms with E-state index in [0.717, 1.165) is 12.1 Å². The molecular formula is C26H21F2N5O4. The first-order chi connectivity index (χ1) is 17.8. The minimum Gasteiger partial charge on any atom is -0.507 e. The fourth-order valence-corrected chi connectivity index (χ4v) is 3.94. The summed E-state index contributed by atoms with van der Waals surface area (Å²) < 4.78 is 41.2. The zero-order valence-electron chi connectivity index (χ0n) is 19.5. The third kappa shape index (κ3) is 4.50.